The van der Waals surface area contributed by atoms with E-state index in [0.717, 1.165) is 77.0 Å². The Hall–Kier alpha value is -1.56. The second-order valence-corrected chi connectivity index (χ2v) is 39.6. The molecular formula is C84H144O26. The summed E-state index contributed by atoms with van der Waals surface area (Å²) in [5.74, 6) is 1.50. The van der Waals surface area contributed by atoms with E-state index in [9.17, 15) is 71.5 Å². The number of allylic oxidation sites excluding steroid dienone is 3. The lowest BCUT2D eigenvalue weighted by Gasteiger charge is -2.70. The van der Waals surface area contributed by atoms with E-state index in [0.29, 0.717) is 32.1 Å². The fraction of sp³-hybridized carbons (Fsp3) is 0.952. The van der Waals surface area contributed by atoms with Gasteiger partial charge in [-0.05, 0) is 240 Å². The van der Waals surface area contributed by atoms with Crippen molar-refractivity contribution in [2.45, 2.75) is 380 Å². The lowest BCUT2D eigenvalue weighted by molar-refractivity contribution is -0.408. The minimum absolute atomic E-state index is 0.00163. The van der Waals surface area contributed by atoms with Gasteiger partial charge in [-0.3, -0.25) is 0 Å². The summed E-state index contributed by atoms with van der Waals surface area (Å²) in [5.41, 5.74) is 0.356. The van der Waals surface area contributed by atoms with Crippen LogP contribution in [-0.4, -0.2) is 260 Å². The van der Waals surface area contributed by atoms with E-state index in [1.165, 1.54) is 39.6 Å². The number of hydrogen-bond acceptors (Lipinski definition) is 26. The molecule has 0 spiro atoms. The van der Waals surface area contributed by atoms with Crippen LogP contribution in [0.1, 0.15) is 220 Å². The van der Waals surface area contributed by atoms with Gasteiger partial charge in [0.2, 0.25) is 0 Å². The van der Waals surface area contributed by atoms with E-state index >= 15 is 0 Å². The van der Waals surface area contributed by atoms with Gasteiger partial charge in [-0.1, -0.05) is 99.5 Å². The first-order chi connectivity index (χ1) is 51.3. The van der Waals surface area contributed by atoms with Gasteiger partial charge in [-0.2, -0.15) is 0 Å². The molecule has 0 aromatic carbocycles. The number of aliphatic hydroxyl groups excluding tert-OH is 13. The van der Waals surface area contributed by atoms with Crippen molar-refractivity contribution in [3.8, 4) is 0 Å². The van der Waals surface area contributed by atoms with E-state index in [1.807, 2.05) is 6.92 Å². The number of rotatable bonds is 20. The monoisotopic (exact) mass is 1570 g/mol. The molecule has 636 valence electrons. The fourth-order valence-corrected chi connectivity index (χ4v) is 26.4. The molecule has 25 unspecified atom stereocenters. The van der Waals surface area contributed by atoms with Crippen molar-refractivity contribution in [2.24, 2.45) is 96.6 Å². The van der Waals surface area contributed by atoms with Crippen LogP contribution in [0.5, 0.6) is 0 Å². The Morgan fingerprint density at radius 3 is 1.17 bits per heavy atom. The molecule has 4 heterocycles. The highest BCUT2D eigenvalue weighted by molar-refractivity contribution is 5.23. The number of fused-ring (bicyclic) bond motifs is 10. The van der Waals surface area contributed by atoms with Crippen LogP contribution in [0.15, 0.2) is 23.3 Å². The van der Waals surface area contributed by atoms with Crippen LogP contribution in [-0.2, 0) is 56.8 Å². The van der Waals surface area contributed by atoms with Gasteiger partial charge in [0.05, 0.1) is 36.1 Å². The fourth-order valence-electron chi connectivity index (χ4n) is 26.4. The molecule has 0 bridgehead atoms. The zero-order valence-electron chi connectivity index (χ0n) is 69.5. The van der Waals surface area contributed by atoms with Crippen LogP contribution in [0, 0.1) is 96.6 Å². The number of hydrogen-bond donors (Lipinski definition) is 14. The van der Waals surface area contributed by atoms with Crippen LogP contribution in [0.2, 0.25) is 0 Å². The van der Waals surface area contributed by atoms with Gasteiger partial charge in [0.1, 0.15) is 73.2 Å². The third kappa shape index (κ3) is 15.3. The first kappa shape index (κ1) is 89.2. The third-order valence-electron chi connectivity index (χ3n) is 32.9. The molecule has 41 atom stereocenters. The van der Waals surface area contributed by atoms with Crippen molar-refractivity contribution in [1.82, 2.24) is 0 Å². The van der Waals surface area contributed by atoms with Crippen LogP contribution in [0.3, 0.4) is 0 Å². The highest BCUT2D eigenvalue weighted by atomic mass is 16.8. The van der Waals surface area contributed by atoms with Gasteiger partial charge < -0.3 is 128 Å². The summed E-state index contributed by atoms with van der Waals surface area (Å²) < 4.78 is 70.1. The molecule has 12 fully saturated rings. The molecule has 0 aromatic heterocycles. The van der Waals surface area contributed by atoms with Gasteiger partial charge in [-0.15, -0.1) is 0 Å². The Morgan fingerprint density at radius 2 is 0.773 bits per heavy atom. The van der Waals surface area contributed by atoms with E-state index < -0.39 is 158 Å². The van der Waals surface area contributed by atoms with E-state index in [1.54, 1.807) is 0 Å². The smallest absolute Gasteiger partial charge is 0.190 e. The van der Waals surface area contributed by atoms with Crippen molar-refractivity contribution in [1.29, 1.82) is 0 Å². The van der Waals surface area contributed by atoms with Crippen LogP contribution >= 0.6 is 0 Å². The predicted molar refractivity (Wildman–Crippen MR) is 402 cm³/mol. The second-order valence-electron chi connectivity index (χ2n) is 39.6. The summed E-state index contributed by atoms with van der Waals surface area (Å²) in [6, 6.07) is 0. The SMILES string of the molecule is COC1O[C@@H](OC2[C@H](OC3CCC4(C)C(CCC5(C)C4CC(O)C4C(C(C)[C@H](O)CC=C(C)C)CC[C@]45C)C3(C)C)OC(OC)[C@@H](O)[C@H]2O)C(O)[C@H](O)[C@@H]1O.COC1O[C@@H](OC2[C@H](OC3CCC4(C)C(CCC5(C)C4CC(O)C4C([C@@](C)(O)CCC=C(C)C)CC[C@]45C)C3(C)C)OC(OC)[C@@H](O)[C@H]2O)C(O)[C@H](O)[C@@H]1O. The van der Waals surface area contributed by atoms with Gasteiger partial charge in [0, 0.05) is 28.4 Å². The molecule has 14 N–H and O–H groups in total. The maximum absolute atomic E-state index is 12.2. The minimum Gasteiger partial charge on any atom is -0.393 e. The first-order valence-electron chi connectivity index (χ1n) is 41.5. The number of methoxy groups -OCH3 is 4. The van der Waals surface area contributed by atoms with Gasteiger partial charge in [-0.25, -0.2) is 0 Å². The average molecular weight is 1570 g/mol. The summed E-state index contributed by atoms with van der Waals surface area (Å²) in [7, 11) is 5.25. The Bertz CT molecular complexity index is 3130. The van der Waals surface area contributed by atoms with E-state index in [-0.39, 0.29) is 98.0 Å². The molecular weight excluding hydrogens is 1420 g/mol. The topological polar surface area (TPSA) is 394 Å². The lowest BCUT2D eigenvalue weighted by Crippen LogP contribution is -2.67. The number of ether oxygens (including phenoxy) is 12. The molecule has 0 aromatic rings. The van der Waals surface area contributed by atoms with Crippen LogP contribution in [0.4, 0.5) is 0 Å². The maximum Gasteiger partial charge on any atom is 0.190 e. The second kappa shape index (κ2) is 33.2. The van der Waals surface area contributed by atoms with Crippen molar-refractivity contribution < 1.29 is 128 Å². The van der Waals surface area contributed by atoms with Crippen LogP contribution in [0.25, 0.3) is 0 Å². The Balaban J connectivity index is 0.000000218. The Kier molecular flexibility index (Phi) is 26.9. The molecule has 8 saturated carbocycles. The van der Waals surface area contributed by atoms with Crippen LogP contribution < -0.4 is 0 Å². The average Bonchev–Trinajstić information content (AvgIpc) is 1.30. The summed E-state index contributed by atoms with van der Waals surface area (Å²) in [6.07, 6.45) is -12.9. The Labute approximate surface area is 653 Å². The minimum atomic E-state index is -1.70. The first-order valence-corrected chi connectivity index (χ1v) is 41.5. The molecule has 4 aliphatic heterocycles. The summed E-state index contributed by atoms with van der Waals surface area (Å²) in [5, 5.41) is 155. The molecule has 0 amide bonds. The normalized spacial score (nSPS) is 52.0. The quantitative estimate of drug-likeness (QED) is 0.0451. The highest BCUT2D eigenvalue weighted by Gasteiger charge is 2.74. The third-order valence-corrected chi connectivity index (χ3v) is 32.9. The maximum atomic E-state index is 12.2. The van der Waals surface area contributed by atoms with Gasteiger partial charge >= 0.3 is 0 Å². The lowest BCUT2D eigenvalue weighted by atomic mass is 9.35. The molecule has 8 aliphatic carbocycles. The van der Waals surface area contributed by atoms with Crippen molar-refractivity contribution in [3.63, 3.8) is 0 Å². The molecule has 4 saturated heterocycles. The molecule has 110 heavy (non-hydrogen) atoms. The van der Waals surface area contributed by atoms with Crippen molar-refractivity contribution in [2.75, 3.05) is 28.4 Å². The largest absolute Gasteiger partial charge is 0.393 e. The zero-order chi connectivity index (χ0) is 81.2. The molecule has 12 rings (SSSR count). The number of aliphatic hydroxyl groups is 14. The molecule has 12 aliphatic rings. The summed E-state index contributed by atoms with van der Waals surface area (Å²) >= 11 is 0. The van der Waals surface area contributed by atoms with E-state index in [2.05, 4.69) is 116 Å². The molecule has 0 radical (unpaired) electrons. The highest BCUT2D eigenvalue weighted by Crippen LogP contribution is 2.78. The summed E-state index contributed by atoms with van der Waals surface area (Å²) in [6.45, 7) is 36.0. The molecule has 26 heteroatoms. The van der Waals surface area contributed by atoms with E-state index in [4.69, 9.17) is 56.8 Å². The zero-order valence-corrected chi connectivity index (χ0v) is 69.5. The van der Waals surface area contributed by atoms with Gasteiger partial charge in [0.15, 0.2) is 50.3 Å². The van der Waals surface area contributed by atoms with Crippen molar-refractivity contribution >= 4 is 0 Å². The Morgan fingerprint density at radius 1 is 0.418 bits per heavy atom. The summed E-state index contributed by atoms with van der Waals surface area (Å²) in [4.78, 5) is 0. The molecule has 26 nitrogen and oxygen atoms in total. The predicted octanol–water partition coefficient (Wildman–Crippen LogP) is 6.60. The van der Waals surface area contributed by atoms with Crippen molar-refractivity contribution in [3.05, 3.63) is 23.3 Å². The standard InChI is InChI=1S/2C42H72O13/c1-20(2)11-12-23(43)21(3)22-13-17-42(8)28(22)24(44)19-26-40(6)16-15-27(39(4,5)25(40)14-18-41(26,42)7)52-38-34(30(46)33(49)36(51-10)55-38)53-37-32(48)29(45)31(47)35(50-9)54-37;1-21(2)12-11-16-42(8,49)22-13-18-41(7)27(22)23(43)20-25-39(5)17-15-26(38(3,4)24(39)14-19-40(25,41)6)52-37-33(29(45)32(48)35(51-10)55-37)53-36-31(47)28(44)30(46)34(50-9)54-36/h11,21-38,43-49H,12-19H2,1-10H3;12,22-37,43-49H,11,13-20H2,1-10H3/t21?,22?,23-,24?,25?,26?,27?,28?,29-,30-,31+,32?,33+,34?,35?,36?,37-,38-,40?,41?,42-;22?,23?,24?,25?,26?,27?,28-,29-,30+,31?,32+,33?,34?,35?,36-,37-,39?,40?,41-,42+/m11/s1. The van der Waals surface area contributed by atoms with Gasteiger partial charge in [0.25, 0.3) is 0 Å².